The smallest absolute Gasteiger partial charge is 0.335 e. The fraction of sp³-hybridized carbons (Fsp3) is 0.118. The summed E-state index contributed by atoms with van der Waals surface area (Å²) in [5.74, 6) is 0.262. The summed E-state index contributed by atoms with van der Waals surface area (Å²) >= 11 is 18.4. The summed E-state index contributed by atoms with van der Waals surface area (Å²) in [6, 6.07) is 6.48. The molecule has 0 aromatic heterocycles. The Bertz CT molecular complexity index is 851. The number of carboxylic acid groups (broad SMARTS) is 1. The van der Waals surface area contributed by atoms with E-state index in [0.717, 1.165) is 5.56 Å². The van der Waals surface area contributed by atoms with E-state index in [0.29, 0.717) is 37.9 Å². The van der Waals surface area contributed by atoms with E-state index >= 15 is 0 Å². The minimum absolute atomic E-state index is 0.0222. The molecule has 7 heteroatoms. The van der Waals surface area contributed by atoms with Gasteiger partial charge in [-0.15, -0.1) is 0 Å². The van der Waals surface area contributed by atoms with Gasteiger partial charge in [0.2, 0.25) is 0 Å². The normalized spacial score (nSPS) is 12.9. The zero-order valence-electron chi connectivity index (χ0n) is 12.4. The molecule has 1 N–H and O–H groups in total. The van der Waals surface area contributed by atoms with Gasteiger partial charge in [-0.05, 0) is 36.8 Å². The van der Waals surface area contributed by atoms with Crippen molar-refractivity contribution in [3.63, 3.8) is 0 Å². The molecule has 0 radical (unpaired) electrons. The minimum Gasteiger partial charge on any atom is -0.488 e. The molecule has 0 fully saturated rings. The lowest BCUT2D eigenvalue weighted by atomic mass is 10.1. The number of hydrogen-bond donors (Lipinski definition) is 1. The van der Waals surface area contributed by atoms with E-state index < -0.39 is 5.97 Å². The zero-order chi connectivity index (χ0) is 17.4. The molecule has 24 heavy (non-hydrogen) atoms. The first kappa shape index (κ1) is 17.0. The first-order valence-corrected chi connectivity index (χ1v) is 8.02. The standard InChI is InChI=1S/C17H11Cl3O4/c1-8-12(18)4-11(5-13(8)19)24-16-6-15-9(3-14(16)20)2-10(7-23-15)17(21)22/h2-6H,7H2,1H3,(H,21,22). The van der Waals surface area contributed by atoms with Crippen LogP contribution in [0.1, 0.15) is 11.1 Å². The van der Waals surface area contributed by atoms with Crippen molar-refractivity contribution >= 4 is 46.8 Å². The molecule has 0 spiro atoms. The Labute approximate surface area is 153 Å². The van der Waals surface area contributed by atoms with E-state index in [2.05, 4.69) is 0 Å². The summed E-state index contributed by atoms with van der Waals surface area (Å²) in [6.07, 6.45) is 1.52. The summed E-state index contributed by atoms with van der Waals surface area (Å²) in [7, 11) is 0. The highest BCUT2D eigenvalue weighted by atomic mass is 35.5. The van der Waals surface area contributed by atoms with Crippen molar-refractivity contribution in [2.24, 2.45) is 0 Å². The van der Waals surface area contributed by atoms with Gasteiger partial charge in [-0.1, -0.05) is 34.8 Å². The third kappa shape index (κ3) is 3.31. The number of fused-ring (bicyclic) bond motifs is 1. The fourth-order valence-electron chi connectivity index (χ4n) is 2.18. The van der Waals surface area contributed by atoms with E-state index in [-0.39, 0.29) is 12.2 Å². The van der Waals surface area contributed by atoms with Crippen LogP contribution in [0.5, 0.6) is 17.2 Å². The highest BCUT2D eigenvalue weighted by molar-refractivity contribution is 6.36. The molecule has 0 bridgehead atoms. The van der Waals surface area contributed by atoms with Crippen LogP contribution in [-0.4, -0.2) is 17.7 Å². The van der Waals surface area contributed by atoms with Gasteiger partial charge >= 0.3 is 5.97 Å². The van der Waals surface area contributed by atoms with Crippen molar-refractivity contribution < 1.29 is 19.4 Å². The Morgan fingerprint density at radius 3 is 2.42 bits per heavy atom. The second-order valence-corrected chi connectivity index (χ2v) is 6.42. The van der Waals surface area contributed by atoms with Crippen molar-refractivity contribution in [3.8, 4) is 17.2 Å². The summed E-state index contributed by atoms with van der Waals surface area (Å²) in [4.78, 5) is 11.0. The van der Waals surface area contributed by atoms with Crippen LogP contribution in [0.15, 0.2) is 29.8 Å². The molecule has 124 valence electrons. The summed E-state index contributed by atoms with van der Waals surface area (Å²) in [5, 5.41) is 10.3. The molecular formula is C17H11Cl3O4. The Balaban J connectivity index is 1.95. The average molecular weight is 386 g/mol. The average Bonchev–Trinajstić information content (AvgIpc) is 2.52. The largest absolute Gasteiger partial charge is 0.488 e. The zero-order valence-corrected chi connectivity index (χ0v) is 14.7. The lowest BCUT2D eigenvalue weighted by molar-refractivity contribution is -0.132. The Hall–Kier alpha value is -1.88. The number of aliphatic carboxylic acids is 1. The lowest BCUT2D eigenvalue weighted by Gasteiger charge is -2.18. The van der Waals surface area contributed by atoms with Crippen LogP contribution >= 0.6 is 34.8 Å². The molecule has 2 aromatic rings. The molecule has 2 aromatic carbocycles. The highest BCUT2D eigenvalue weighted by Crippen LogP contribution is 2.39. The highest BCUT2D eigenvalue weighted by Gasteiger charge is 2.19. The fourth-order valence-corrected chi connectivity index (χ4v) is 2.86. The SMILES string of the molecule is Cc1c(Cl)cc(Oc2cc3c(cc2Cl)C=C(C(=O)O)CO3)cc1Cl. The van der Waals surface area contributed by atoms with Crippen molar-refractivity contribution in [3.05, 3.63) is 56.0 Å². The van der Waals surface area contributed by atoms with Crippen LogP contribution in [-0.2, 0) is 4.79 Å². The van der Waals surface area contributed by atoms with Gasteiger partial charge in [0.15, 0.2) is 0 Å². The Kier molecular flexibility index (Phi) is 4.63. The predicted molar refractivity (Wildman–Crippen MR) is 93.8 cm³/mol. The third-order valence-corrected chi connectivity index (χ3v) is 4.61. The molecule has 0 saturated carbocycles. The van der Waals surface area contributed by atoms with Gasteiger partial charge < -0.3 is 14.6 Å². The van der Waals surface area contributed by atoms with Crippen molar-refractivity contribution in [1.82, 2.24) is 0 Å². The van der Waals surface area contributed by atoms with Gasteiger partial charge in [-0.3, -0.25) is 0 Å². The summed E-state index contributed by atoms with van der Waals surface area (Å²) in [6.45, 7) is 1.78. The van der Waals surface area contributed by atoms with Crippen molar-refractivity contribution in [1.29, 1.82) is 0 Å². The number of halogens is 3. The number of rotatable bonds is 3. The molecule has 1 aliphatic rings. The van der Waals surface area contributed by atoms with Gasteiger partial charge in [0.05, 0.1) is 10.6 Å². The molecular weight excluding hydrogens is 375 g/mol. The molecule has 3 rings (SSSR count). The van der Waals surface area contributed by atoms with E-state index in [9.17, 15) is 4.79 Å². The lowest BCUT2D eigenvalue weighted by Crippen LogP contribution is -2.14. The van der Waals surface area contributed by atoms with Crippen molar-refractivity contribution in [2.45, 2.75) is 6.92 Å². The molecule has 4 nitrogen and oxygen atoms in total. The van der Waals surface area contributed by atoms with Gasteiger partial charge in [0.25, 0.3) is 0 Å². The Morgan fingerprint density at radius 1 is 1.12 bits per heavy atom. The number of ether oxygens (including phenoxy) is 2. The maximum atomic E-state index is 11.0. The van der Waals surface area contributed by atoms with E-state index in [1.165, 1.54) is 6.08 Å². The first-order chi connectivity index (χ1) is 11.3. The topological polar surface area (TPSA) is 55.8 Å². The molecule has 0 atom stereocenters. The van der Waals surface area contributed by atoms with Gasteiger partial charge in [-0.2, -0.15) is 0 Å². The maximum absolute atomic E-state index is 11.0. The molecule has 0 saturated heterocycles. The van der Waals surface area contributed by atoms with E-state index in [4.69, 9.17) is 49.4 Å². The predicted octanol–water partition coefficient (Wildman–Crippen LogP) is 5.61. The van der Waals surface area contributed by atoms with Crippen LogP contribution in [0.25, 0.3) is 6.08 Å². The molecule has 0 aliphatic carbocycles. The van der Waals surface area contributed by atoms with Crippen LogP contribution in [0.2, 0.25) is 15.1 Å². The summed E-state index contributed by atoms with van der Waals surface area (Å²) < 4.78 is 11.2. The molecule has 0 amide bonds. The van der Waals surface area contributed by atoms with Gasteiger partial charge in [-0.25, -0.2) is 4.79 Å². The van der Waals surface area contributed by atoms with Crippen molar-refractivity contribution in [2.75, 3.05) is 6.61 Å². The monoisotopic (exact) mass is 384 g/mol. The van der Waals surface area contributed by atoms with Crippen LogP contribution < -0.4 is 9.47 Å². The molecule has 1 heterocycles. The number of hydrogen-bond acceptors (Lipinski definition) is 3. The van der Waals surface area contributed by atoms with E-state index in [1.54, 1.807) is 31.2 Å². The second kappa shape index (κ2) is 6.55. The first-order valence-electron chi connectivity index (χ1n) is 6.89. The van der Waals surface area contributed by atoms with Gasteiger partial charge in [0, 0.05) is 21.7 Å². The number of carboxylic acids is 1. The van der Waals surface area contributed by atoms with Crippen LogP contribution in [0.3, 0.4) is 0 Å². The van der Waals surface area contributed by atoms with Gasteiger partial charge in [0.1, 0.15) is 23.9 Å². The van der Waals surface area contributed by atoms with E-state index in [1.807, 2.05) is 0 Å². The Morgan fingerprint density at radius 2 is 1.79 bits per heavy atom. The maximum Gasteiger partial charge on any atom is 0.335 e. The molecule has 0 unspecified atom stereocenters. The number of carbonyl (C=O) groups is 1. The number of benzene rings is 2. The summed E-state index contributed by atoms with van der Waals surface area (Å²) in [5.41, 5.74) is 1.50. The minimum atomic E-state index is -1.03. The second-order valence-electron chi connectivity index (χ2n) is 5.20. The molecule has 1 aliphatic heterocycles. The quantitative estimate of drug-likeness (QED) is 0.746. The van der Waals surface area contributed by atoms with Crippen LogP contribution in [0, 0.1) is 6.92 Å². The third-order valence-electron chi connectivity index (χ3n) is 3.53. The van der Waals surface area contributed by atoms with Crippen LogP contribution in [0.4, 0.5) is 0 Å².